The topological polar surface area (TPSA) is 0 Å². The Kier molecular flexibility index (Phi) is 6.89. The summed E-state index contributed by atoms with van der Waals surface area (Å²) in [6.45, 7) is 0. The summed E-state index contributed by atoms with van der Waals surface area (Å²) in [6, 6.07) is 1.54. The van der Waals surface area contributed by atoms with Gasteiger partial charge in [-0.2, -0.15) is 0 Å². The van der Waals surface area contributed by atoms with E-state index >= 15 is 0 Å². The summed E-state index contributed by atoms with van der Waals surface area (Å²) < 4.78 is 0. The fourth-order valence-corrected chi connectivity index (χ4v) is 5.27. The number of benzene rings is 4. The molecule has 30 radical (unpaired) electrons. The minimum atomic E-state index is -0.0207. The maximum absolute atomic E-state index is 6.61. The molecule has 0 saturated heterocycles. The molecule has 0 amide bonds. The predicted octanol–water partition coefficient (Wildman–Crippen LogP) is -11.4. The molecular formula is C24HB15. The Hall–Kier alpha value is -2.15. The Balaban J connectivity index is 2.29. The smallest absolute Gasteiger partial charge is 0.110 e. The molecule has 0 aliphatic heterocycles. The van der Waals surface area contributed by atoms with Gasteiger partial charge in [0.2, 0.25) is 0 Å². The molecule has 142 valence electrons. The second-order valence-corrected chi connectivity index (χ2v) is 9.43. The largest absolute Gasteiger partial charge is 0.113 e. The summed E-state index contributed by atoms with van der Waals surface area (Å²) >= 11 is 0. The van der Waals surface area contributed by atoms with E-state index in [-0.39, 0.29) is 121 Å². The van der Waals surface area contributed by atoms with Gasteiger partial charge in [-0.05, 0) is 44.5 Å². The highest BCUT2D eigenvalue weighted by atomic mass is 14.3. The van der Waals surface area contributed by atoms with Crippen LogP contribution in [-0.2, 0) is 0 Å². The van der Waals surface area contributed by atoms with Gasteiger partial charge in [0.1, 0.15) is 118 Å². The van der Waals surface area contributed by atoms with Gasteiger partial charge in [-0.15, -0.1) is 43.7 Å². The molecule has 0 N–H and O–H groups in total. The van der Waals surface area contributed by atoms with Gasteiger partial charge in [-0.3, -0.25) is 0 Å². The Labute approximate surface area is 249 Å². The van der Waals surface area contributed by atoms with E-state index in [0.717, 1.165) is 0 Å². The minimum Gasteiger partial charge on any atom is -0.110 e. The molecule has 1 aliphatic carbocycles. The van der Waals surface area contributed by atoms with E-state index in [1.54, 1.807) is 6.07 Å². The van der Waals surface area contributed by atoms with E-state index < -0.39 is 0 Å². The van der Waals surface area contributed by atoms with Gasteiger partial charge in [0.05, 0.1) is 0 Å². The van der Waals surface area contributed by atoms with Gasteiger partial charge in [0.15, 0.2) is 0 Å². The standard InChI is InChI=1S/C24HB15/c25-3-1-2-4(12(27)11(3)26)6-8(16(31)22(37)21(36)14(6)29)10-9(17(32)23(38)24(39)18(10)33)7-5(2)13(28)19(34)20(35)15(7)30/h1H. The van der Waals surface area contributed by atoms with Gasteiger partial charge < -0.3 is 0 Å². The van der Waals surface area contributed by atoms with Crippen LogP contribution in [0.25, 0.3) is 44.5 Å². The monoisotopic (exact) mass is 454 g/mol. The van der Waals surface area contributed by atoms with Crippen LogP contribution in [0, 0.1) is 0 Å². The van der Waals surface area contributed by atoms with Crippen molar-refractivity contribution in [2.75, 3.05) is 0 Å². The number of rotatable bonds is 0. The lowest BCUT2D eigenvalue weighted by Crippen LogP contribution is -2.55. The van der Waals surface area contributed by atoms with Crippen molar-refractivity contribution < 1.29 is 0 Å². The van der Waals surface area contributed by atoms with Crippen LogP contribution in [0.3, 0.4) is 0 Å². The number of fused-ring (bicyclic) bond motifs is 8. The maximum atomic E-state index is 6.61. The van der Waals surface area contributed by atoms with Gasteiger partial charge >= 0.3 is 0 Å². The zero-order chi connectivity index (χ0) is 29.0. The van der Waals surface area contributed by atoms with Gasteiger partial charge in [0, 0.05) is 0 Å². The summed E-state index contributed by atoms with van der Waals surface area (Å²) in [6.07, 6.45) is 0. The van der Waals surface area contributed by atoms with Crippen molar-refractivity contribution in [3.8, 4) is 44.5 Å². The first-order valence-corrected chi connectivity index (χ1v) is 11.4. The molecule has 0 bridgehead atoms. The third-order valence-corrected chi connectivity index (χ3v) is 7.44. The van der Waals surface area contributed by atoms with Crippen LogP contribution in [0.2, 0.25) is 0 Å². The summed E-state index contributed by atoms with van der Waals surface area (Å²) in [5.41, 5.74) is 2.22. The van der Waals surface area contributed by atoms with E-state index in [1.807, 2.05) is 0 Å². The third kappa shape index (κ3) is 3.67. The summed E-state index contributed by atoms with van der Waals surface area (Å²) in [7, 11) is 96.6. The maximum Gasteiger partial charge on any atom is 0.113 e. The van der Waals surface area contributed by atoms with Crippen molar-refractivity contribution in [2.24, 2.45) is 0 Å². The molecule has 0 atom stereocenters. The van der Waals surface area contributed by atoms with Crippen LogP contribution in [0.4, 0.5) is 0 Å². The van der Waals surface area contributed by atoms with Crippen molar-refractivity contribution in [1.82, 2.24) is 0 Å². The molecule has 0 aromatic heterocycles. The fraction of sp³-hybridized carbons (Fsp3) is 0. The summed E-state index contributed by atoms with van der Waals surface area (Å²) in [5, 5.41) is 0. The normalized spacial score (nSPS) is 11.6. The second-order valence-electron chi connectivity index (χ2n) is 9.43. The Morgan fingerprint density at radius 1 is 0.231 bits per heavy atom. The Bertz CT molecular complexity index is 1790. The predicted molar refractivity (Wildman–Crippen MR) is 183 cm³/mol. The van der Waals surface area contributed by atoms with Crippen LogP contribution >= 0.6 is 0 Å². The van der Waals surface area contributed by atoms with E-state index in [1.165, 1.54) is 0 Å². The molecule has 0 fully saturated rings. The lowest BCUT2D eigenvalue weighted by atomic mass is 9.53. The number of hydrogen-bond donors (Lipinski definition) is 0. The Morgan fingerprint density at radius 2 is 0.462 bits per heavy atom. The quantitative estimate of drug-likeness (QED) is 0.205. The molecule has 0 unspecified atom stereocenters. The molecule has 4 aromatic carbocycles. The van der Waals surface area contributed by atoms with Crippen molar-refractivity contribution in [1.29, 1.82) is 0 Å². The van der Waals surface area contributed by atoms with E-state index in [0.29, 0.717) is 5.56 Å². The van der Waals surface area contributed by atoms with Gasteiger partial charge in [-0.1, -0.05) is 44.3 Å². The molecule has 0 heterocycles. The van der Waals surface area contributed by atoms with Crippen LogP contribution < -0.4 is 81.9 Å². The van der Waals surface area contributed by atoms with Crippen molar-refractivity contribution in [3.63, 3.8) is 0 Å². The van der Waals surface area contributed by atoms with Crippen molar-refractivity contribution in [2.45, 2.75) is 0 Å². The SMILES string of the molecule is [B]c1cc2c(c([B])c1[B])-c1c([B])c([B])c([B])c([B])c1-c1c([B])c([B])c([B])c([B])c1-c1c([B])c([B])c([B])c([B])c1-2. The molecule has 0 saturated carbocycles. The molecule has 39 heavy (non-hydrogen) atoms. The second kappa shape index (κ2) is 9.46. The molecule has 4 aromatic rings. The van der Waals surface area contributed by atoms with Crippen LogP contribution in [-0.4, -0.2) is 118 Å². The minimum absolute atomic E-state index is 0.00187. The first-order chi connectivity index (χ1) is 18.1. The van der Waals surface area contributed by atoms with Crippen LogP contribution in [0.1, 0.15) is 0 Å². The highest BCUT2D eigenvalue weighted by molar-refractivity contribution is 6.71. The average Bonchev–Trinajstić information content (AvgIpc) is 2.90. The van der Waals surface area contributed by atoms with Crippen LogP contribution in [0.15, 0.2) is 6.07 Å². The number of hydrogen-bond acceptors (Lipinski definition) is 0. The highest BCUT2D eigenvalue weighted by Crippen LogP contribution is 2.41. The van der Waals surface area contributed by atoms with E-state index in [2.05, 4.69) is 0 Å². The van der Waals surface area contributed by atoms with Crippen molar-refractivity contribution >= 4 is 200 Å². The van der Waals surface area contributed by atoms with Gasteiger partial charge in [0.25, 0.3) is 0 Å². The van der Waals surface area contributed by atoms with Gasteiger partial charge in [-0.25, -0.2) is 0 Å². The summed E-state index contributed by atoms with van der Waals surface area (Å²) in [5.74, 6) is 0. The lowest BCUT2D eigenvalue weighted by Gasteiger charge is -2.36. The van der Waals surface area contributed by atoms with E-state index in [9.17, 15) is 0 Å². The van der Waals surface area contributed by atoms with E-state index in [4.69, 9.17) is 118 Å². The molecule has 1 aliphatic rings. The molecule has 5 rings (SSSR count). The first-order valence-electron chi connectivity index (χ1n) is 11.4. The molecular weight excluding hydrogens is 450 g/mol. The lowest BCUT2D eigenvalue weighted by molar-refractivity contribution is 1.66. The fourth-order valence-electron chi connectivity index (χ4n) is 5.27. The molecule has 15 heteroatoms. The highest BCUT2D eigenvalue weighted by Gasteiger charge is 2.31. The average molecular weight is 451 g/mol. The molecule has 0 spiro atoms. The zero-order valence-electron chi connectivity index (χ0n) is 20.7. The Morgan fingerprint density at radius 3 is 0.795 bits per heavy atom. The third-order valence-electron chi connectivity index (χ3n) is 7.44. The summed E-state index contributed by atoms with van der Waals surface area (Å²) in [4.78, 5) is 0. The van der Waals surface area contributed by atoms with Crippen LogP contribution in [0.5, 0.6) is 0 Å². The zero-order valence-corrected chi connectivity index (χ0v) is 20.7. The first kappa shape index (κ1) is 28.4. The van der Waals surface area contributed by atoms with Crippen molar-refractivity contribution in [3.05, 3.63) is 6.07 Å². The molecule has 0 nitrogen and oxygen atoms in total.